The smallest absolute Gasteiger partial charge is 0.244 e. The number of halogens is 1. The van der Waals surface area contributed by atoms with Crippen molar-refractivity contribution in [2.24, 2.45) is 0 Å². The van der Waals surface area contributed by atoms with Crippen LogP contribution in [-0.4, -0.2) is 23.3 Å². The zero-order chi connectivity index (χ0) is 18.8. The van der Waals surface area contributed by atoms with Crippen molar-refractivity contribution >= 4 is 40.4 Å². The van der Waals surface area contributed by atoms with E-state index < -0.39 is 0 Å². The predicted molar refractivity (Wildman–Crippen MR) is 108 cm³/mol. The first kappa shape index (κ1) is 17.8. The Kier molecular flexibility index (Phi) is 4.97. The predicted octanol–water partition coefficient (Wildman–Crippen LogP) is 4.51. The number of nitrogens with zero attached hydrogens (tertiary/aromatic N) is 1. The summed E-state index contributed by atoms with van der Waals surface area (Å²) in [7, 11) is 0. The molecule has 0 radical (unpaired) electrons. The van der Waals surface area contributed by atoms with E-state index in [9.17, 15) is 9.59 Å². The van der Waals surface area contributed by atoms with E-state index in [0.29, 0.717) is 10.7 Å². The Morgan fingerprint density at radius 3 is 2.70 bits per heavy atom. The van der Waals surface area contributed by atoms with Crippen LogP contribution in [0.25, 0.3) is 0 Å². The highest BCUT2D eigenvalue weighted by atomic mass is 35.5. The number of thiophene rings is 1. The van der Waals surface area contributed by atoms with Gasteiger partial charge in [0.25, 0.3) is 0 Å². The summed E-state index contributed by atoms with van der Waals surface area (Å²) in [5.74, 6) is -0.304. The van der Waals surface area contributed by atoms with Crippen LogP contribution in [0.2, 0.25) is 5.02 Å². The maximum absolute atomic E-state index is 13.2. The summed E-state index contributed by atoms with van der Waals surface area (Å²) in [5, 5.41) is 5.45. The number of anilines is 1. The second-order valence-electron chi connectivity index (χ2n) is 6.38. The second kappa shape index (κ2) is 7.55. The molecule has 0 saturated heterocycles. The molecule has 0 bridgehead atoms. The SMILES string of the molecule is O=C1CN(C(=O)Cc2ccccc2)C(c2cccs2)c2cc(Cl)ccc2N1. The number of carbonyl (C=O) groups is 2. The minimum Gasteiger partial charge on any atom is -0.324 e. The van der Waals surface area contributed by atoms with Crippen molar-refractivity contribution in [2.75, 3.05) is 11.9 Å². The van der Waals surface area contributed by atoms with Crippen LogP contribution >= 0.6 is 22.9 Å². The average molecular weight is 397 g/mol. The van der Waals surface area contributed by atoms with Gasteiger partial charge in [-0.1, -0.05) is 48.0 Å². The van der Waals surface area contributed by atoms with Crippen molar-refractivity contribution in [3.8, 4) is 0 Å². The molecule has 0 aliphatic carbocycles. The van der Waals surface area contributed by atoms with Gasteiger partial charge in [-0.15, -0.1) is 11.3 Å². The third-order valence-corrected chi connectivity index (χ3v) is 5.70. The van der Waals surface area contributed by atoms with Crippen LogP contribution in [0.15, 0.2) is 66.0 Å². The first-order chi connectivity index (χ1) is 13.1. The monoisotopic (exact) mass is 396 g/mol. The lowest BCUT2D eigenvalue weighted by molar-refractivity contribution is -0.135. The molecule has 1 aliphatic rings. The lowest BCUT2D eigenvalue weighted by atomic mass is 10.0. The fraction of sp³-hybridized carbons (Fsp3) is 0.143. The van der Waals surface area contributed by atoms with Gasteiger partial charge >= 0.3 is 0 Å². The molecule has 4 rings (SSSR count). The number of hydrogen-bond donors (Lipinski definition) is 1. The van der Waals surface area contributed by atoms with Crippen molar-refractivity contribution in [3.05, 3.63) is 87.1 Å². The normalized spacial score (nSPS) is 16.4. The fourth-order valence-corrected chi connectivity index (χ4v) is 4.37. The van der Waals surface area contributed by atoms with Gasteiger partial charge in [0, 0.05) is 21.2 Å². The van der Waals surface area contributed by atoms with Crippen LogP contribution in [0.1, 0.15) is 22.0 Å². The summed E-state index contributed by atoms with van der Waals surface area (Å²) in [6.45, 7) is 0.000528. The minimum atomic E-state index is -0.353. The van der Waals surface area contributed by atoms with E-state index in [1.54, 1.807) is 28.4 Å². The molecule has 0 saturated carbocycles. The number of carbonyl (C=O) groups excluding carboxylic acids is 2. The number of amides is 2. The first-order valence-electron chi connectivity index (χ1n) is 8.58. The number of benzene rings is 2. The molecule has 0 spiro atoms. The van der Waals surface area contributed by atoms with Gasteiger partial charge in [0.05, 0.1) is 12.5 Å². The summed E-state index contributed by atoms with van der Waals surface area (Å²) in [6, 6.07) is 18.5. The van der Waals surface area contributed by atoms with Gasteiger partial charge in [0.15, 0.2) is 0 Å². The van der Waals surface area contributed by atoms with Crippen LogP contribution in [0.5, 0.6) is 0 Å². The molecule has 1 N–H and O–H groups in total. The Morgan fingerprint density at radius 2 is 1.96 bits per heavy atom. The molecular weight excluding hydrogens is 380 g/mol. The third kappa shape index (κ3) is 3.75. The van der Waals surface area contributed by atoms with Crippen LogP contribution in [0, 0.1) is 0 Å². The van der Waals surface area contributed by atoms with Crippen LogP contribution in [0.3, 0.4) is 0 Å². The van der Waals surface area contributed by atoms with Gasteiger partial charge in [0.1, 0.15) is 6.54 Å². The first-order valence-corrected chi connectivity index (χ1v) is 9.83. The Balaban J connectivity index is 1.78. The molecule has 1 aliphatic heterocycles. The van der Waals surface area contributed by atoms with E-state index in [0.717, 1.165) is 16.0 Å². The van der Waals surface area contributed by atoms with Crippen molar-refractivity contribution in [1.82, 2.24) is 4.90 Å². The lowest BCUT2D eigenvalue weighted by Crippen LogP contribution is -2.39. The molecule has 4 nitrogen and oxygen atoms in total. The highest BCUT2D eigenvalue weighted by Gasteiger charge is 2.34. The summed E-state index contributed by atoms with van der Waals surface area (Å²) in [5.41, 5.74) is 2.44. The van der Waals surface area contributed by atoms with E-state index in [1.165, 1.54) is 0 Å². The molecule has 136 valence electrons. The summed E-state index contributed by atoms with van der Waals surface area (Å²) in [6.07, 6.45) is 0.242. The van der Waals surface area contributed by atoms with Gasteiger partial charge in [0.2, 0.25) is 11.8 Å². The molecule has 1 atom stereocenters. The van der Waals surface area contributed by atoms with E-state index >= 15 is 0 Å². The molecule has 6 heteroatoms. The molecule has 2 amide bonds. The van der Waals surface area contributed by atoms with Crippen LogP contribution in [-0.2, 0) is 16.0 Å². The number of fused-ring (bicyclic) bond motifs is 1. The van der Waals surface area contributed by atoms with Crippen LogP contribution < -0.4 is 5.32 Å². The average Bonchev–Trinajstić information content (AvgIpc) is 3.13. The molecule has 1 aromatic heterocycles. The maximum Gasteiger partial charge on any atom is 0.244 e. The Bertz CT molecular complexity index is 973. The molecule has 1 unspecified atom stereocenters. The van der Waals surface area contributed by atoms with Gasteiger partial charge in [-0.25, -0.2) is 0 Å². The number of hydrogen-bond acceptors (Lipinski definition) is 3. The highest BCUT2D eigenvalue weighted by Crippen LogP contribution is 2.39. The van der Waals surface area contributed by atoms with Gasteiger partial charge in [-0.3, -0.25) is 9.59 Å². The van der Waals surface area contributed by atoms with E-state index in [1.807, 2.05) is 53.9 Å². The Labute approximate surface area is 166 Å². The van der Waals surface area contributed by atoms with E-state index in [2.05, 4.69) is 5.32 Å². The Morgan fingerprint density at radius 1 is 1.15 bits per heavy atom. The van der Waals surface area contributed by atoms with Crippen molar-refractivity contribution < 1.29 is 9.59 Å². The molecule has 27 heavy (non-hydrogen) atoms. The zero-order valence-electron chi connectivity index (χ0n) is 14.4. The Hall–Kier alpha value is -2.63. The quantitative estimate of drug-likeness (QED) is 0.707. The fourth-order valence-electron chi connectivity index (χ4n) is 3.34. The lowest BCUT2D eigenvalue weighted by Gasteiger charge is -2.29. The van der Waals surface area contributed by atoms with Gasteiger partial charge in [-0.05, 0) is 35.2 Å². The maximum atomic E-state index is 13.2. The summed E-state index contributed by atoms with van der Waals surface area (Å²) < 4.78 is 0. The standard InChI is InChI=1S/C21H17ClN2O2S/c22-15-8-9-17-16(12-15)21(18-7-4-10-27-18)24(13-19(25)23-17)20(26)11-14-5-2-1-3-6-14/h1-10,12,21H,11,13H2,(H,23,25). The molecule has 2 heterocycles. The minimum absolute atomic E-state index is 0.000528. The third-order valence-electron chi connectivity index (χ3n) is 4.54. The number of nitrogens with one attached hydrogen (secondary N) is 1. The topological polar surface area (TPSA) is 49.4 Å². The molecule has 0 fully saturated rings. The van der Waals surface area contributed by atoms with Gasteiger partial charge < -0.3 is 10.2 Å². The van der Waals surface area contributed by atoms with Crippen molar-refractivity contribution in [2.45, 2.75) is 12.5 Å². The van der Waals surface area contributed by atoms with E-state index in [4.69, 9.17) is 11.6 Å². The zero-order valence-corrected chi connectivity index (χ0v) is 16.0. The number of rotatable bonds is 3. The van der Waals surface area contributed by atoms with Crippen LogP contribution in [0.4, 0.5) is 5.69 Å². The second-order valence-corrected chi connectivity index (χ2v) is 7.80. The van der Waals surface area contributed by atoms with Crippen molar-refractivity contribution in [1.29, 1.82) is 0 Å². The molecule has 2 aromatic carbocycles. The summed E-state index contributed by atoms with van der Waals surface area (Å²) in [4.78, 5) is 28.3. The van der Waals surface area contributed by atoms with E-state index in [-0.39, 0.29) is 30.8 Å². The largest absolute Gasteiger partial charge is 0.324 e. The molecular formula is C21H17ClN2O2S. The molecule has 3 aromatic rings. The summed E-state index contributed by atoms with van der Waals surface area (Å²) >= 11 is 7.80. The highest BCUT2D eigenvalue weighted by molar-refractivity contribution is 7.10. The van der Waals surface area contributed by atoms with Crippen molar-refractivity contribution in [3.63, 3.8) is 0 Å². The van der Waals surface area contributed by atoms with Gasteiger partial charge in [-0.2, -0.15) is 0 Å².